The number of aryl methyl sites for hydroxylation is 2. The number of aromatic nitrogens is 1. The monoisotopic (exact) mass is 412 g/mol. The lowest BCUT2D eigenvalue weighted by molar-refractivity contribution is 0.0600. The Balaban J connectivity index is 2.63. The number of methoxy groups -OCH3 is 1. The molecule has 6 heteroatoms. The second-order valence-electron chi connectivity index (χ2n) is 7.49. The number of benzene rings is 1. The quantitative estimate of drug-likeness (QED) is 0.694. The fourth-order valence-corrected chi connectivity index (χ4v) is 3.77. The Morgan fingerprint density at radius 2 is 1.63 bits per heavy atom. The minimum atomic E-state index is -0.412. The summed E-state index contributed by atoms with van der Waals surface area (Å²) in [6.45, 7) is 9.60. The first kappa shape index (κ1) is 23.4. The Kier molecular flexibility index (Phi) is 7.59. The molecule has 0 aliphatic carbocycles. The van der Waals surface area contributed by atoms with Gasteiger partial charge in [-0.2, -0.15) is 0 Å². The van der Waals surface area contributed by atoms with E-state index >= 15 is 0 Å². The van der Waals surface area contributed by atoms with E-state index in [0.29, 0.717) is 36.1 Å². The minimum absolute atomic E-state index is 0.198. The third kappa shape index (κ3) is 4.32. The molecule has 0 atom stereocenters. The van der Waals surface area contributed by atoms with Gasteiger partial charge in [-0.25, -0.2) is 4.79 Å². The average molecular weight is 413 g/mol. The first-order chi connectivity index (χ1) is 14.2. The van der Waals surface area contributed by atoms with Crippen LogP contribution >= 0.6 is 0 Å². The number of nitrogens with one attached hydrogen (secondary N) is 1. The van der Waals surface area contributed by atoms with Crippen molar-refractivity contribution in [3.63, 3.8) is 0 Å². The van der Waals surface area contributed by atoms with Gasteiger partial charge in [0.2, 0.25) is 0 Å². The van der Waals surface area contributed by atoms with Crippen molar-refractivity contribution < 1.29 is 14.3 Å². The zero-order chi connectivity index (χ0) is 22.6. The highest BCUT2D eigenvalue weighted by Crippen LogP contribution is 2.26. The van der Waals surface area contributed by atoms with Crippen molar-refractivity contribution in [2.24, 2.45) is 7.05 Å². The summed E-state index contributed by atoms with van der Waals surface area (Å²) in [5, 5.41) is 2.99. The molecule has 0 unspecified atom stereocenters. The van der Waals surface area contributed by atoms with Gasteiger partial charge in [0.25, 0.3) is 5.91 Å². The Morgan fingerprint density at radius 3 is 2.10 bits per heavy atom. The average Bonchev–Trinajstić information content (AvgIpc) is 2.75. The molecule has 162 valence electrons. The molecule has 1 amide bonds. The lowest BCUT2D eigenvalue weighted by atomic mass is 9.98. The van der Waals surface area contributed by atoms with Crippen molar-refractivity contribution in [2.45, 2.75) is 60.3 Å². The zero-order valence-corrected chi connectivity index (χ0v) is 19.1. The van der Waals surface area contributed by atoms with Gasteiger partial charge in [0.1, 0.15) is 5.56 Å². The standard InChI is InChI=1S/C24H32N2O4/c1-8-11-19-20(22(27)14(4)15(5)26(19)6)23(28)25-21-16(9-2)12-18(24(29)30-7)13-17(21)10-3/h12-13H,8-11H2,1-7H3,(H,25,28). The summed E-state index contributed by atoms with van der Waals surface area (Å²) in [6, 6.07) is 3.48. The van der Waals surface area contributed by atoms with Crippen molar-refractivity contribution in [1.29, 1.82) is 0 Å². The van der Waals surface area contributed by atoms with Crippen molar-refractivity contribution >= 4 is 17.6 Å². The molecule has 2 rings (SSSR count). The zero-order valence-electron chi connectivity index (χ0n) is 19.1. The molecule has 0 spiro atoms. The number of esters is 1. The second kappa shape index (κ2) is 9.74. The van der Waals surface area contributed by atoms with E-state index < -0.39 is 11.9 Å². The Bertz CT molecular complexity index is 1010. The fourth-order valence-electron chi connectivity index (χ4n) is 3.77. The summed E-state index contributed by atoms with van der Waals surface area (Å²) in [5.41, 5.74) is 4.95. The molecule has 1 aromatic carbocycles. The minimum Gasteiger partial charge on any atom is -0.465 e. The van der Waals surface area contributed by atoms with Gasteiger partial charge in [-0.15, -0.1) is 0 Å². The largest absolute Gasteiger partial charge is 0.465 e. The van der Waals surface area contributed by atoms with Crippen LogP contribution in [-0.2, 0) is 31.0 Å². The number of rotatable bonds is 7. The first-order valence-electron chi connectivity index (χ1n) is 10.5. The van der Waals surface area contributed by atoms with Gasteiger partial charge in [0, 0.05) is 29.7 Å². The number of anilines is 1. The molecule has 0 aliphatic heterocycles. The Morgan fingerprint density at radius 1 is 1.07 bits per heavy atom. The number of pyridine rings is 1. The second-order valence-corrected chi connectivity index (χ2v) is 7.49. The highest BCUT2D eigenvalue weighted by molar-refractivity contribution is 6.06. The number of carbonyl (C=O) groups is 2. The van der Waals surface area contributed by atoms with Crippen LogP contribution in [-0.4, -0.2) is 23.6 Å². The summed E-state index contributed by atoms with van der Waals surface area (Å²) >= 11 is 0. The van der Waals surface area contributed by atoms with Crippen LogP contribution in [0.1, 0.15) is 76.0 Å². The highest BCUT2D eigenvalue weighted by Gasteiger charge is 2.23. The summed E-state index contributed by atoms with van der Waals surface area (Å²) in [5.74, 6) is -0.817. The Labute approximate surface area is 178 Å². The van der Waals surface area contributed by atoms with Gasteiger partial charge in [0.15, 0.2) is 5.43 Å². The number of hydrogen-bond acceptors (Lipinski definition) is 4. The number of carbonyl (C=O) groups excluding carboxylic acids is 2. The molecule has 30 heavy (non-hydrogen) atoms. The lowest BCUT2D eigenvalue weighted by Gasteiger charge is -2.20. The van der Waals surface area contributed by atoms with Crippen LogP contribution in [0, 0.1) is 13.8 Å². The molecule has 0 saturated heterocycles. The molecule has 0 bridgehead atoms. The van der Waals surface area contributed by atoms with Crippen LogP contribution < -0.4 is 10.7 Å². The van der Waals surface area contributed by atoms with E-state index in [4.69, 9.17) is 4.74 Å². The molecule has 0 radical (unpaired) electrons. The van der Waals surface area contributed by atoms with Crippen LogP contribution in [0.3, 0.4) is 0 Å². The number of nitrogens with zero attached hydrogens (tertiary/aromatic N) is 1. The smallest absolute Gasteiger partial charge is 0.337 e. The molecular formula is C24H32N2O4. The predicted octanol–water partition coefficient (Wildman–Crippen LogP) is 4.12. The molecule has 0 aliphatic rings. The van der Waals surface area contributed by atoms with E-state index in [1.807, 2.05) is 39.3 Å². The summed E-state index contributed by atoms with van der Waals surface area (Å²) in [7, 11) is 3.24. The van der Waals surface area contributed by atoms with Gasteiger partial charge >= 0.3 is 5.97 Å². The summed E-state index contributed by atoms with van der Waals surface area (Å²) < 4.78 is 6.79. The predicted molar refractivity (Wildman–Crippen MR) is 120 cm³/mol. The number of hydrogen-bond donors (Lipinski definition) is 1. The fraction of sp³-hybridized carbons (Fsp3) is 0.458. The molecule has 1 N–H and O–H groups in total. The lowest BCUT2D eigenvalue weighted by Crippen LogP contribution is -2.30. The third-order valence-electron chi connectivity index (χ3n) is 5.74. The van der Waals surface area contributed by atoms with E-state index in [2.05, 4.69) is 5.32 Å². The van der Waals surface area contributed by atoms with Crippen molar-refractivity contribution in [3.8, 4) is 0 Å². The van der Waals surface area contributed by atoms with Gasteiger partial charge < -0.3 is 14.6 Å². The highest BCUT2D eigenvalue weighted by atomic mass is 16.5. The third-order valence-corrected chi connectivity index (χ3v) is 5.74. The van der Waals surface area contributed by atoms with Gasteiger partial charge in [-0.1, -0.05) is 27.2 Å². The number of ether oxygens (including phenoxy) is 1. The molecule has 1 heterocycles. The summed E-state index contributed by atoms with van der Waals surface area (Å²) in [4.78, 5) is 38.4. The van der Waals surface area contributed by atoms with Crippen LogP contribution in [0.15, 0.2) is 16.9 Å². The van der Waals surface area contributed by atoms with E-state index in [1.54, 1.807) is 19.1 Å². The maximum absolute atomic E-state index is 13.3. The molecule has 1 aromatic heterocycles. The topological polar surface area (TPSA) is 77.4 Å². The maximum atomic E-state index is 13.3. The van der Waals surface area contributed by atoms with Crippen LogP contribution in [0.2, 0.25) is 0 Å². The van der Waals surface area contributed by atoms with Gasteiger partial charge in [0.05, 0.1) is 12.7 Å². The van der Waals surface area contributed by atoms with E-state index in [1.165, 1.54) is 7.11 Å². The van der Waals surface area contributed by atoms with E-state index in [9.17, 15) is 14.4 Å². The molecule has 6 nitrogen and oxygen atoms in total. The van der Waals surface area contributed by atoms with Crippen LogP contribution in [0.25, 0.3) is 0 Å². The normalized spacial score (nSPS) is 10.8. The van der Waals surface area contributed by atoms with Crippen molar-refractivity contribution in [3.05, 3.63) is 61.6 Å². The van der Waals surface area contributed by atoms with Crippen molar-refractivity contribution in [2.75, 3.05) is 12.4 Å². The molecular weight excluding hydrogens is 380 g/mol. The maximum Gasteiger partial charge on any atom is 0.337 e. The van der Waals surface area contributed by atoms with Gasteiger partial charge in [-0.3, -0.25) is 9.59 Å². The van der Waals surface area contributed by atoms with Crippen LogP contribution in [0.4, 0.5) is 5.69 Å². The summed E-state index contributed by atoms with van der Waals surface area (Å²) in [6.07, 6.45) is 2.71. The van der Waals surface area contributed by atoms with Crippen molar-refractivity contribution in [1.82, 2.24) is 4.57 Å². The SMILES string of the molecule is CCCc1c(C(=O)Nc2c(CC)cc(C(=O)OC)cc2CC)c(=O)c(C)c(C)n1C. The first-order valence-corrected chi connectivity index (χ1v) is 10.5. The van der Waals surface area contributed by atoms with E-state index in [-0.39, 0.29) is 11.0 Å². The van der Waals surface area contributed by atoms with Gasteiger partial charge in [-0.05, 0) is 56.4 Å². The number of amides is 1. The molecule has 0 saturated carbocycles. The Hall–Kier alpha value is -2.89. The van der Waals surface area contributed by atoms with E-state index in [0.717, 1.165) is 28.9 Å². The van der Waals surface area contributed by atoms with Crippen LogP contribution in [0.5, 0.6) is 0 Å². The molecule has 0 fully saturated rings. The molecule has 2 aromatic rings.